The predicted molar refractivity (Wildman–Crippen MR) is 360 cm³/mol. The fourth-order valence-corrected chi connectivity index (χ4v) is 12.9. The van der Waals surface area contributed by atoms with Crippen molar-refractivity contribution in [2.45, 2.75) is 0 Å². The maximum absolute atomic E-state index is 5.82. The molecule has 0 aliphatic carbocycles. The van der Waals surface area contributed by atoms with Crippen LogP contribution in [0, 0.1) is 0 Å². The first-order chi connectivity index (χ1) is 38.9. The second-order valence-electron chi connectivity index (χ2n) is 19.3. The summed E-state index contributed by atoms with van der Waals surface area (Å²) in [4.78, 5) is 19.8. The lowest BCUT2D eigenvalue weighted by atomic mass is 9.91. The molecule has 11 aromatic rings. The van der Waals surface area contributed by atoms with Crippen molar-refractivity contribution in [3.8, 4) is 44.5 Å². The van der Waals surface area contributed by atoms with Gasteiger partial charge in [0.2, 0.25) is 0 Å². The zero-order chi connectivity index (χ0) is 54.8. The largest absolute Gasteiger partial charge is 0.354 e. The number of H-pyrrole nitrogens is 2. The Balaban J connectivity index is 1.29. The molecule has 12 heteroatoms. The first kappa shape index (κ1) is 53.5. The minimum atomic E-state index is 0.801. The van der Waals surface area contributed by atoms with Gasteiger partial charge in [-0.1, -0.05) is 225 Å². The van der Waals surface area contributed by atoms with Gasteiger partial charge in [-0.05, 0) is 166 Å². The highest BCUT2D eigenvalue weighted by atomic mass is 79.9. The Hall–Kier alpha value is -5.80. The Kier molecular flexibility index (Phi) is 15.1. The van der Waals surface area contributed by atoms with Gasteiger partial charge in [-0.15, -0.1) is 0 Å². The SMILES string of the molecule is Brc1ccc(C2=C(c3ccc(Br)cc3)c3cc4[nH]c(cc5nc(cc6[nH]c(cc2n3)c(-c2ccc(Br)cc2)c6-c2ccc(Br)cc2)C(c2ccc(Br)cc2)=C5c2ccc(Br)cc2)c(-c2ccc(Br)cc2)c4-c2ccc(Br)cc2)cc1. The molecule has 80 heavy (non-hydrogen) atoms. The number of hydrogen-bond acceptors (Lipinski definition) is 2. The van der Waals surface area contributed by atoms with Crippen molar-refractivity contribution >= 4 is 172 Å². The van der Waals surface area contributed by atoms with Crippen LogP contribution in [0.1, 0.15) is 45.0 Å². The van der Waals surface area contributed by atoms with Crippen molar-refractivity contribution in [1.29, 1.82) is 0 Å². The normalized spacial score (nSPS) is 12.4. The number of hydrogen-bond donors (Lipinski definition) is 2. The summed E-state index contributed by atoms with van der Waals surface area (Å²) in [5.74, 6) is 0. The first-order valence-corrected chi connectivity index (χ1v) is 31.6. The van der Waals surface area contributed by atoms with Crippen molar-refractivity contribution in [1.82, 2.24) is 19.9 Å². The number of aromatic nitrogens is 4. The third-order valence-electron chi connectivity index (χ3n) is 14.3. The minimum absolute atomic E-state index is 0.801. The molecule has 0 spiro atoms. The Morgan fingerprint density at radius 3 is 0.512 bits per heavy atom. The molecule has 0 atom stereocenters. The van der Waals surface area contributed by atoms with Crippen LogP contribution in [0.4, 0.5) is 0 Å². The number of benzene rings is 8. The van der Waals surface area contributed by atoms with E-state index >= 15 is 0 Å². The van der Waals surface area contributed by atoms with E-state index in [1.807, 2.05) is 0 Å². The van der Waals surface area contributed by atoms with E-state index in [2.05, 4.69) is 356 Å². The lowest BCUT2D eigenvalue weighted by Gasteiger charge is -2.11. The fraction of sp³-hybridized carbons (Fsp3) is 0. The highest BCUT2D eigenvalue weighted by Crippen LogP contribution is 2.48. The Morgan fingerprint density at radius 1 is 0.200 bits per heavy atom. The average Bonchev–Trinajstić information content (AvgIpc) is 4.29. The third kappa shape index (κ3) is 10.6. The second kappa shape index (κ2) is 22.5. The molecule has 0 radical (unpaired) electrons. The van der Waals surface area contributed by atoms with E-state index in [4.69, 9.17) is 9.97 Å². The minimum Gasteiger partial charge on any atom is -0.354 e. The van der Waals surface area contributed by atoms with Crippen LogP contribution in [0.2, 0.25) is 0 Å². The molecule has 4 nitrogen and oxygen atoms in total. The lowest BCUT2D eigenvalue weighted by molar-refractivity contribution is 1.29. The lowest BCUT2D eigenvalue weighted by Crippen LogP contribution is -1.91. The van der Waals surface area contributed by atoms with Gasteiger partial charge in [-0.3, -0.25) is 0 Å². The van der Waals surface area contributed by atoms with Crippen LogP contribution in [0.15, 0.2) is 254 Å². The van der Waals surface area contributed by atoms with Crippen LogP contribution >= 0.6 is 127 Å². The van der Waals surface area contributed by atoms with Gasteiger partial charge in [-0.2, -0.15) is 0 Å². The average molecular weight is 1550 g/mol. The maximum atomic E-state index is 5.82. The molecule has 2 aliphatic rings. The monoisotopic (exact) mass is 1540 g/mol. The maximum Gasteiger partial charge on any atom is 0.0743 e. The van der Waals surface area contributed by atoms with E-state index in [1.165, 1.54) is 0 Å². The summed E-state index contributed by atoms with van der Waals surface area (Å²) in [6, 6.07) is 77.5. The molecule has 8 bridgehead atoms. The molecule has 0 amide bonds. The van der Waals surface area contributed by atoms with Gasteiger partial charge in [-0.25, -0.2) is 9.97 Å². The van der Waals surface area contributed by atoms with Crippen LogP contribution in [0.5, 0.6) is 0 Å². The molecule has 2 aliphatic heterocycles. The smallest absolute Gasteiger partial charge is 0.0743 e. The molecule has 0 fully saturated rings. The van der Waals surface area contributed by atoms with Gasteiger partial charge in [0.25, 0.3) is 0 Å². The highest BCUT2D eigenvalue weighted by molar-refractivity contribution is 9.11. The van der Waals surface area contributed by atoms with Gasteiger partial charge >= 0.3 is 0 Å². The number of aromatic amines is 2. The molecule has 2 N–H and O–H groups in total. The highest BCUT2D eigenvalue weighted by Gasteiger charge is 2.29. The quantitative estimate of drug-likeness (QED) is 0.159. The summed E-state index contributed by atoms with van der Waals surface area (Å²) in [6.07, 6.45) is 0. The Bertz CT molecular complexity index is 3900. The molecule has 13 rings (SSSR count). The first-order valence-electron chi connectivity index (χ1n) is 25.3. The zero-order valence-electron chi connectivity index (χ0n) is 41.7. The van der Waals surface area contributed by atoms with Gasteiger partial charge in [0.05, 0.1) is 22.8 Å². The van der Waals surface area contributed by atoms with Crippen LogP contribution in [-0.4, -0.2) is 19.9 Å². The topological polar surface area (TPSA) is 57.4 Å². The standard InChI is InChI=1S/C68H38Br8N4/c69-45-17-1-37(2-18-45)61-53-33-55-63(39-5-21-47(71)22-6-39)65(41-9-25-49(73)26-10-41)57(78-55)35-59-67(43-13-29-51(75)30-14-43)68(44-15-31-52(76)32-16-44)60(80-59)36-58-66(42-11-27-50(74)28-12-42)64(40-7-23-48(72)24-8-40)56(79-58)34-54(77-53)62(61)38-3-19-46(70)20-4-38/h1-36,77,80H. The van der Waals surface area contributed by atoms with E-state index < -0.39 is 0 Å². The summed E-state index contributed by atoms with van der Waals surface area (Å²) >= 11 is 30.1. The van der Waals surface area contributed by atoms with Crippen molar-refractivity contribution < 1.29 is 0 Å². The molecule has 0 unspecified atom stereocenters. The Labute approximate surface area is 529 Å². The zero-order valence-corrected chi connectivity index (χ0v) is 54.4. The summed E-state index contributed by atoms with van der Waals surface area (Å²) in [6.45, 7) is 0. The van der Waals surface area contributed by atoms with E-state index in [0.717, 1.165) is 170 Å². The van der Waals surface area contributed by atoms with Crippen LogP contribution < -0.4 is 0 Å². The van der Waals surface area contributed by atoms with Crippen molar-refractivity contribution in [2.75, 3.05) is 0 Å². The predicted octanol–water partition coefficient (Wildman–Crippen LogP) is 23.1. The fourth-order valence-electron chi connectivity index (χ4n) is 10.8. The van der Waals surface area contributed by atoms with Crippen LogP contribution in [0.25, 0.3) is 88.9 Å². The molecule has 8 aromatic carbocycles. The molecule has 0 saturated heterocycles. The van der Waals surface area contributed by atoms with Crippen molar-refractivity contribution in [3.05, 3.63) is 299 Å². The molecule has 3 aromatic heterocycles. The molecular formula is C68H38Br8N4. The summed E-state index contributed by atoms with van der Waals surface area (Å²) < 4.78 is 7.89. The van der Waals surface area contributed by atoms with Gasteiger partial charge in [0.1, 0.15) is 0 Å². The molecular weight excluding hydrogens is 1510 g/mol. The van der Waals surface area contributed by atoms with E-state index in [9.17, 15) is 0 Å². The number of nitrogens with zero attached hydrogens (tertiary/aromatic N) is 2. The van der Waals surface area contributed by atoms with Gasteiger partial charge < -0.3 is 9.97 Å². The van der Waals surface area contributed by atoms with Crippen molar-refractivity contribution in [3.63, 3.8) is 0 Å². The second-order valence-corrected chi connectivity index (χ2v) is 26.6. The van der Waals surface area contributed by atoms with Crippen molar-refractivity contribution in [2.24, 2.45) is 0 Å². The number of nitrogens with one attached hydrogen (secondary N) is 2. The molecule has 0 saturated carbocycles. The third-order valence-corrected chi connectivity index (χ3v) is 18.5. The van der Waals surface area contributed by atoms with E-state index in [0.29, 0.717) is 0 Å². The van der Waals surface area contributed by atoms with E-state index in [1.54, 1.807) is 0 Å². The number of halogens is 8. The van der Waals surface area contributed by atoms with Crippen LogP contribution in [-0.2, 0) is 0 Å². The van der Waals surface area contributed by atoms with Crippen LogP contribution in [0.3, 0.4) is 0 Å². The van der Waals surface area contributed by atoms with E-state index in [-0.39, 0.29) is 0 Å². The number of fused-ring (bicyclic) bond motifs is 8. The van der Waals surface area contributed by atoms with Gasteiger partial charge in [0, 0.05) is 102 Å². The van der Waals surface area contributed by atoms with Gasteiger partial charge in [0.15, 0.2) is 0 Å². The summed E-state index contributed by atoms with van der Waals surface area (Å²) in [5.41, 5.74) is 23.1. The number of rotatable bonds is 8. The molecule has 5 heterocycles. The summed E-state index contributed by atoms with van der Waals surface area (Å²) in [7, 11) is 0. The summed E-state index contributed by atoms with van der Waals surface area (Å²) in [5, 5.41) is 0. The Morgan fingerprint density at radius 2 is 0.350 bits per heavy atom. The molecule has 386 valence electrons.